The highest BCUT2D eigenvalue weighted by Gasteiger charge is 2.16. The number of aryl methyl sites for hydroxylation is 2. The van der Waals surface area contributed by atoms with E-state index in [1.165, 1.54) is 10.9 Å². The molecule has 0 fully saturated rings. The molecule has 1 aromatic heterocycles. The van der Waals surface area contributed by atoms with E-state index < -0.39 is 0 Å². The summed E-state index contributed by atoms with van der Waals surface area (Å²) in [5.41, 5.74) is 7.82. The fourth-order valence-corrected chi connectivity index (χ4v) is 1.96. The Morgan fingerprint density at radius 2 is 2.22 bits per heavy atom. The van der Waals surface area contributed by atoms with Crippen LogP contribution >= 0.6 is 11.6 Å². The summed E-state index contributed by atoms with van der Waals surface area (Å²) in [6, 6.07) is 5.41. The molecule has 5 nitrogen and oxygen atoms in total. The van der Waals surface area contributed by atoms with Gasteiger partial charge in [-0.1, -0.05) is 23.7 Å². The van der Waals surface area contributed by atoms with Crippen LogP contribution in [0.5, 0.6) is 0 Å². The van der Waals surface area contributed by atoms with Gasteiger partial charge in [-0.05, 0) is 18.6 Å². The molecule has 0 bridgehead atoms. The first-order valence-corrected chi connectivity index (χ1v) is 5.72. The monoisotopic (exact) mass is 264 g/mol. The minimum atomic E-state index is -0.330. The molecule has 94 valence electrons. The number of aromatic nitrogens is 2. The molecule has 0 radical (unpaired) electrons. The number of hydrogen-bond donors (Lipinski definition) is 2. The number of carbonyl (C=O) groups excluding carboxylic acids is 1. The van der Waals surface area contributed by atoms with Gasteiger partial charge in [0.25, 0.3) is 5.91 Å². The van der Waals surface area contributed by atoms with Gasteiger partial charge in [0.1, 0.15) is 5.69 Å². The first-order chi connectivity index (χ1) is 8.50. The number of rotatable bonds is 2. The van der Waals surface area contributed by atoms with Crippen LogP contribution in [0, 0.1) is 6.92 Å². The van der Waals surface area contributed by atoms with Crippen LogP contribution in [0.3, 0.4) is 0 Å². The zero-order valence-electron chi connectivity index (χ0n) is 10.1. The second-order valence-electron chi connectivity index (χ2n) is 3.96. The highest BCUT2D eigenvalue weighted by molar-refractivity contribution is 6.34. The molecule has 6 heteroatoms. The molecule has 1 aromatic carbocycles. The first-order valence-electron chi connectivity index (χ1n) is 5.34. The first kappa shape index (κ1) is 12.4. The van der Waals surface area contributed by atoms with Gasteiger partial charge in [0.15, 0.2) is 0 Å². The molecule has 3 N–H and O–H groups in total. The third-order valence-electron chi connectivity index (χ3n) is 2.64. The van der Waals surface area contributed by atoms with Gasteiger partial charge in [0.05, 0.1) is 22.6 Å². The Balaban J connectivity index is 2.33. The standard InChI is InChI=1S/C12H13ClN4O/c1-7-4-3-5-8(13)10(7)16-12(18)11-9(14)6-15-17(11)2/h3-6H,14H2,1-2H3,(H,16,18). The molecule has 0 unspecified atom stereocenters. The summed E-state index contributed by atoms with van der Waals surface area (Å²) in [5, 5.41) is 7.16. The molecule has 1 heterocycles. The summed E-state index contributed by atoms with van der Waals surface area (Å²) in [4.78, 5) is 12.1. The van der Waals surface area contributed by atoms with Crippen LogP contribution in [0.2, 0.25) is 5.02 Å². The second-order valence-corrected chi connectivity index (χ2v) is 4.37. The van der Waals surface area contributed by atoms with Crippen LogP contribution in [-0.4, -0.2) is 15.7 Å². The lowest BCUT2D eigenvalue weighted by molar-refractivity contribution is 0.101. The number of amides is 1. The van der Waals surface area contributed by atoms with Crippen molar-refractivity contribution in [3.8, 4) is 0 Å². The van der Waals surface area contributed by atoms with Crippen molar-refractivity contribution in [3.05, 3.63) is 40.7 Å². The summed E-state index contributed by atoms with van der Waals surface area (Å²) < 4.78 is 1.43. The fraction of sp³-hybridized carbons (Fsp3) is 0.167. The lowest BCUT2D eigenvalue weighted by Crippen LogP contribution is -2.18. The third-order valence-corrected chi connectivity index (χ3v) is 2.96. The van der Waals surface area contributed by atoms with Crippen molar-refractivity contribution in [3.63, 3.8) is 0 Å². The number of nitrogens with zero attached hydrogens (tertiary/aromatic N) is 2. The molecule has 0 spiro atoms. The average Bonchev–Trinajstić information content (AvgIpc) is 2.64. The molecule has 0 saturated heterocycles. The Kier molecular flexibility index (Phi) is 3.25. The van der Waals surface area contributed by atoms with E-state index in [1.807, 2.05) is 19.1 Å². The molecule has 0 saturated carbocycles. The van der Waals surface area contributed by atoms with Gasteiger partial charge in [-0.2, -0.15) is 5.10 Å². The number of halogens is 1. The Hall–Kier alpha value is -2.01. The van der Waals surface area contributed by atoms with Gasteiger partial charge < -0.3 is 11.1 Å². The van der Waals surface area contributed by atoms with Crippen molar-refractivity contribution in [2.24, 2.45) is 7.05 Å². The zero-order chi connectivity index (χ0) is 13.3. The highest BCUT2D eigenvalue weighted by Crippen LogP contribution is 2.26. The van der Waals surface area contributed by atoms with Crippen LogP contribution in [0.1, 0.15) is 16.1 Å². The molecule has 0 aliphatic rings. The third kappa shape index (κ3) is 2.17. The van der Waals surface area contributed by atoms with Crippen LogP contribution in [0.25, 0.3) is 0 Å². The largest absolute Gasteiger partial charge is 0.396 e. The topological polar surface area (TPSA) is 72.9 Å². The predicted molar refractivity (Wildman–Crippen MR) is 71.8 cm³/mol. The van der Waals surface area contributed by atoms with Crippen molar-refractivity contribution in [1.29, 1.82) is 0 Å². The fourth-order valence-electron chi connectivity index (χ4n) is 1.70. The summed E-state index contributed by atoms with van der Waals surface area (Å²) in [7, 11) is 1.66. The van der Waals surface area contributed by atoms with Gasteiger partial charge in [-0.15, -0.1) is 0 Å². The number of anilines is 2. The van der Waals surface area contributed by atoms with Crippen molar-refractivity contribution in [2.45, 2.75) is 6.92 Å². The van der Waals surface area contributed by atoms with Crippen molar-refractivity contribution in [2.75, 3.05) is 11.1 Å². The van der Waals surface area contributed by atoms with Crippen LogP contribution < -0.4 is 11.1 Å². The van der Waals surface area contributed by atoms with Crippen molar-refractivity contribution >= 4 is 28.9 Å². The lowest BCUT2D eigenvalue weighted by atomic mass is 10.2. The molecule has 18 heavy (non-hydrogen) atoms. The van der Waals surface area contributed by atoms with E-state index in [2.05, 4.69) is 10.4 Å². The van der Waals surface area contributed by atoms with E-state index >= 15 is 0 Å². The Morgan fingerprint density at radius 3 is 2.78 bits per heavy atom. The maximum Gasteiger partial charge on any atom is 0.276 e. The van der Waals surface area contributed by atoms with E-state index in [1.54, 1.807) is 13.1 Å². The predicted octanol–water partition coefficient (Wildman–Crippen LogP) is 2.22. The van der Waals surface area contributed by atoms with Gasteiger partial charge in [-0.25, -0.2) is 0 Å². The SMILES string of the molecule is Cc1cccc(Cl)c1NC(=O)c1c(N)cnn1C. The smallest absolute Gasteiger partial charge is 0.276 e. The summed E-state index contributed by atoms with van der Waals surface area (Å²) in [5.74, 6) is -0.330. The summed E-state index contributed by atoms with van der Waals surface area (Å²) in [6.45, 7) is 1.87. The van der Waals surface area contributed by atoms with Crippen LogP contribution in [-0.2, 0) is 7.05 Å². The molecule has 1 amide bonds. The van der Waals surface area contributed by atoms with E-state index in [4.69, 9.17) is 17.3 Å². The van der Waals surface area contributed by atoms with E-state index in [0.717, 1.165) is 5.56 Å². The number of hydrogen-bond acceptors (Lipinski definition) is 3. The number of nitrogens with one attached hydrogen (secondary N) is 1. The van der Waals surface area contributed by atoms with Crippen LogP contribution in [0.4, 0.5) is 11.4 Å². The molecule has 0 aliphatic heterocycles. The average molecular weight is 265 g/mol. The summed E-state index contributed by atoms with van der Waals surface area (Å²) >= 11 is 6.05. The molecule has 2 rings (SSSR count). The van der Waals surface area contributed by atoms with Crippen molar-refractivity contribution in [1.82, 2.24) is 9.78 Å². The molecule has 0 atom stereocenters. The molecular formula is C12H13ClN4O. The van der Waals surface area contributed by atoms with E-state index in [0.29, 0.717) is 22.1 Å². The highest BCUT2D eigenvalue weighted by atomic mass is 35.5. The lowest BCUT2D eigenvalue weighted by Gasteiger charge is -2.10. The zero-order valence-corrected chi connectivity index (χ0v) is 10.8. The number of para-hydroxylation sites is 1. The Morgan fingerprint density at radius 1 is 1.50 bits per heavy atom. The normalized spacial score (nSPS) is 10.4. The van der Waals surface area contributed by atoms with E-state index in [-0.39, 0.29) is 5.91 Å². The molecular weight excluding hydrogens is 252 g/mol. The number of nitrogen functional groups attached to an aromatic ring is 1. The van der Waals surface area contributed by atoms with Gasteiger partial charge >= 0.3 is 0 Å². The minimum absolute atomic E-state index is 0.314. The molecule has 2 aromatic rings. The van der Waals surface area contributed by atoms with Crippen LogP contribution in [0.15, 0.2) is 24.4 Å². The number of benzene rings is 1. The Bertz CT molecular complexity index is 566. The second kappa shape index (κ2) is 4.70. The van der Waals surface area contributed by atoms with Gasteiger partial charge in [-0.3, -0.25) is 9.48 Å². The van der Waals surface area contributed by atoms with Gasteiger partial charge in [0, 0.05) is 7.05 Å². The minimum Gasteiger partial charge on any atom is -0.396 e. The summed E-state index contributed by atoms with van der Waals surface area (Å²) in [6.07, 6.45) is 1.44. The quantitative estimate of drug-likeness (QED) is 0.873. The maximum absolute atomic E-state index is 12.1. The van der Waals surface area contributed by atoms with E-state index in [9.17, 15) is 4.79 Å². The molecule has 0 aliphatic carbocycles. The number of carbonyl (C=O) groups is 1. The Labute approximate surface area is 110 Å². The van der Waals surface area contributed by atoms with Gasteiger partial charge in [0.2, 0.25) is 0 Å². The maximum atomic E-state index is 12.1. The van der Waals surface area contributed by atoms with Crippen molar-refractivity contribution < 1.29 is 4.79 Å². The number of nitrogens with two attached hydrogens (primary N) is 1.